The van der Waals surface area contributed by atoms with Crippen molar-refractivity contribution < 1.29 is 19.1 Å². The summed E-state index contributed by atoms with van der Waals surface area (Å²) >= 11 is 9.11. The maximum Gasteiger partial charge on any atom is 0.344 e. The summed E-state index contributed by atoms with van der Waals surface area (Å²) in [5, 5.41) is 0.561. The van der Waals surface area contributed by atoms with Gasteiger partial charge in [0.2, 0.25) is 5.91 Å². The average molecular weight is 399 g/mol. The molecule has 120 valence electrons. The van der Waals surface area contributed by atoms with Crippen LogP contribution in [0.4, 0.5) is 0 Å². The van der Waals surface area contributed by atoms with Crippen LogP contribution in [-0.4, -0.2) is 18.5 Å². The van der Waals surface area contributed by atoms with E-state index in [1.165, 1.54) is 0 Å². The van der Waals surface area contributed by atoms with Crippen molar-refractivity contribution in [3.8, 4) is 5.75 Å². The van der Waals surface area contributed by atoms with E-state index >= 15 is 0 Å². The fourth-order valence-electron chi connectivity index (χ4n) is 1.70. The lowest BCUT2D eigenvalue weighted by Crippen LogP contribution is -2.15. The van der Waals surface area contributed by atoms with Crippen LogP contribution in [0.15, 0.2) is 46.9 Å². The largest absolute Gasteiger partial charge is 0.481 e. The number of nitrogens with two attached hydrogens (primary N) is 1. The van der Waals surface area contributed by atoms with Crippen molar-refractivity contribution in [3.05, 3.63) is 63.1 Å². The van der Waals surface area contributed by atoms with Crippen molar-refractivity contribution in [3.63, 3.8) is 0 Å². The smallest absolute Gasteiger partial charge is 0.344 e. The summed E-state index contributed by atoms with van der Waals surface area (Å²) in [7, 11) is 0. The summed E-state index contributed by atoms with van der Waals surface area (Å²) in [6.07, 6.45) is 0. The van der Waals surface area contributed by atoms with E-state index in [9.17, 15) is 9.59 Å². The number of benzene rings is 2. The minimum atomic E-state index is -0.508. The molecule has 0 atom stereocenters. The summed E-state index contributed by atoms with van der Waals surface area (Å²) in [5.41, 5.74) is 6.29. The highest BCUT2D eigenvalue weighted by molar-refractivity contribution is 9.10. The molecular weight excluding hydrogens is 386 g/mol. The lowest BCUT2D eigenvalue weighted by molar-refractivity contribution is -0.147. The van der Waals surface area contributed by atoms with Gasteiger partial charge in [-0.15, -0.1) is 0 Å². The number of rotatable bonds is 6. The van der Waals surface area contributed by atoms with Crippen LogP contribution >= 0.6 is 27.5 Å². The maximum atomic E-state index is 11.7. The molecule has 7 heteroatoms. The molecule has 0 aliphatic carbocycles. The van der Waals surface area contributed by atoms with Crippen molar-refractivity contribution >= 4 is 39.4 Å². The molecule has 0 radical (unpaired) electrons. The molecule has 0 saturated carbocycles. The van der Waals surface area contributed by atoms with E-state index < -0.39 is 11.9 Å². The molecule has 2 aromatic rings. The molecule has 0 aliphatic heterocycles. The van der Waals surface area contributed by atoms with Crippen molar-refractivity contribution in [1.82, 2.24) is 0 Å². The van der Waals surface area contributed by atoms with Crippen LogP contribution in [0.25, 0.3) is 0 Å². The molecule has 2 aromatic carbocycles. The van der Waals surface area contributed by atoms with Gasteiger partial charge in [-0.3, -0.25) is 4.79 Å². The minimum absolute atomic E-state index is 0.0863. The molecule has 0 aliphatic rings. The second-order valence-electron chi connectivity index (χ2n) is 4.59. The van der Waals surface area contributed by atoms with E-state index in [-0.39, 0.29) is 13.2 Å². The average Bonchev–Trinajstić information content (AvgIpc) is 2.52. The highest BCUT2D eigenvalue weighted by atomic mass is 79.9. The number of hydrogen-bond acceptors (Lipinski definition) is 4. The molecule has 1 amide bonds. The Morgan fingerprint density at radius 2 is 1.83 bits per heavy atom. The van der Waals surface area contributed by atoms with Crippen LogP contribution in [0.3, 0.4) is 0 Å². The first-order valence-corrected chi connectivity index (χ1v) is 7.75. The molecule has 0 unspecified atom stereocenters. The number of ether oxygens (including phenoxy) is 2. The van der Waals surface area contributed by atoms with Crippen molar-refractivity contribution in [2.45, 2.75) is 6.61 Å². The van der Waals surface area contributed by atoms with Gasteiger partial charge in [-0.05, 0) is 51.8 Å². The van der Waals surface area contributed by atoms with E-state index in [0.29, 0.717) is 20.8 Å². The highest BCUT2D eigenvalue weighted by Crippen LogP contribution is 2.27. The van der Waals surface area contributed by atoms with Gasteiger partial charge in [-0.25, -0.2) is 4.79 Å². The van der Waals surface area contributed by atoms with E-state index in [1.807, 2.05) is 0 Å². The second-order valence-corrected chi connectivity index (χ2v) is 5.88. The molecule has 0 saturated heterocycles. The number of amides is 1. The second kappa shape index (κ2) is 7.99. The van der Waals surface area contributed by atoms with Gasteiger partial charge in [0.15, 0.2) is 6.61 Å². The molecule has 0 bridgehead atoms. The molecule has 5 nitrogen and oxygen atoms in total. The van der Waals surface area contributed by atoms with E-state index in [2.05, 4.69) is 15.9 Å². The standard InChI is InChI=1S/C16H13BrClNO4/c17-13-7-12(18)5-6-14(13)22-9-15(20)23-8-10-1-3-11(4-2-10)16(19)21/h1-7H,8-9H2,(H2,19,21). The van der Waals surface area contributed by atoms with E-state index in [4.69, 9.17) is 26.8 Å². The monoisotopic (exact) mass is 397 g/mol. The SMILES string of the molecule is NC(=O)c1ccc(COC(=O)COc2ccc(Cl)cc2Br)cc1. The Hall–Kier alpha value is -2.05. The van der Waals surface area contributed by atoms with Crippen LogP contribution in [-0.2, 0) is 16.1 Å². The Labute approximate surface area is 146 Å². The van der Waals surface area contributed by atoms with E-state index in [0.717, 1.165) is 5.56 Å². The first kappa shape index (κ1) is 17.3. The lowest BCUT2D eigenvalue weighted by atomic mass is 10.1. The fourth-order valence-corrected chi connectivity index (χ4v) is 2.50. The van der Waals surface area contributed by atoms with Gasteiger partial charge >= 0.3 is 5.97 Å². The number of primary amides is 1. The molecule has 0 spiro atoms. The first-order valence-electron chi connectivity index (χ1n) is 6.58. The molecular formula is C16H13BrClNO4. The van der Waals surface area contributed by atoms with Gasteiger partial charge in [-0.1, -0.05) is 23.7 Å². The van der Waals surface area contributed by atoms with Crippen molar-refractivity contribution in [2.24, 2.45) is 5.73 Å². The zero-order valence-corrected chi connectivity index (χ0v) is 14.3. The Morgan fingerprint density at radius 3 is 2.43 bits per heavy atom. The third-order valence-corrected chi connectivity index (χ3v) is 3.73. The Bertz CT molecular complexity index is 719. The van der Waals surface area contributed by atoms with Crippen molar-refractivity contribution in [1.29, 1.82) is 0 Å². The number of hydrogen-bond donors (Lipinski definition) is 1. The van der Waals surface area contributed by atoms with Gasteiger partial charge in [-0.2, -0.15) is 0 Å². The van der Waals surface area contributed by atoms with Crippen LogP contribution in [0.2, 0.25) is 5.02 Å². The van der Waals surface area contributed by atoms with E-state index in [1.54, 1.807) is 42.5 Å². The third kappa shape index (κ3) is 5.26. The third-order valence-electron chi connectivity index (χ3n) is 2.88. The zero-order chi connectivity index (χ0) is 16.8. The number of halogens is 2. The highest BCUT2D eigenvalue weighted by Gasteiger charge is 2.08. The molecule has 0 heterocycles. The van der Waals surface area contributed by atoms with Crippen molar-refractivity contribution in [2.75, 3.05) is 6.61 Å². The Kier molecular flexibility index (Phi) is 6.01. The lowest BCUT2D eigenvalue weighted by Gasteiger charge is -2.09. The van der Waals surface area contributed by atoms with Crippen LogP contribution in [0.5, 0.6) is 5.75 Å². The normalized spacial score (nSPS) is 10.2. The Morgan fingerprint density at radius 1 is 1.13 bits per heavy atom. The zero-order valence-electron chi connectivity index (χ0n) is 11.9. The molecule has 2 N–H and O–H groups in total. The Balaban J connectivity index is 1.82. The summed E-state index contributed by atoms with van der Waals surface area (Å²) in [6.45, 7) is -0.136. The molecule has 0 fully saturated rings. The fraction of sp³-hybridized carbons (Fsp3) is 0.125. The summed E-state index contributed by atoms with van der Waals surface area (Å²) in [4.78, 5) is 22.6. The van der Waals surface area contributed by atoms with Gasteiger partial charge in [0.25, 0.3) is 0 Å². The summed E-state index contributed by atoms with van der Waals surface area (Å²) in [5.74, 6) is -0.515. The number of esters is 1. The van der Waals surface area contributed by atoms with Crippen LogP contribution in [0.1, 0.15) is 15.9 Å². The van der Waals surface area contributed by atoms with Crippen LogP contribution < -0.4 is 10.5 Å². The van der Waals surface area contributed by atoms with Gasteiger partial charge in [0.05, 0.1) is 4.47 Å². The van der Waals surface area contributed by atoms with Gasteiger partial charge < -0.3 is 15.2 Å². The predicted octanol–water partition coefficient (Wildman–Crippen LogP) is 3.32. The minimum Gasteiger partial charge on any atom is -0.481 e. The predicted molar refractivity (Wildman–Crippen MR) is 89.4 cm³/mol. The van der Waals surface area contributed by atoms with Gasteiger partial charge in [0, 0.05) is 10.6 Å². The first-order chi connectivity index (χ1) is 11.0. The topological polar surface area (TPSA) is 78.6 Å². The number of carbonyl (C=O) groups excluding carboxylic acids is 2. The molecule has 23 heavy (non-hydrogen) atoms. The quantitative estimate of drug-likeness (QED) is 0.757. The summed E-state index contributed by atoms with van der Waals surface area (Å²) < 4.78 is 11.1. The molecule has 0 aromatic heterocycles. The summed E-state index contributed by atoms with van der Waals surface area (Å²) in [6, 6.07) is 11.5. The van der Waals surface area contributed by atoms with Crippen LogP contribution in [0, 0.1) is 0 Å². The molecule has 2 rings (SSSR count). The number of carbonyl (C=O) groups is 2. The maximum absolute atomic E-state index is 11.7. The van der Waals surface area contributed by atoms with Gasteiger partial charge in [0.1, 0.15) is 12.4 Å².